The topological polar surface area (TPSA) is 42.2 Å². The van der Waals surface area contributed by atoms with Gasteiger partial charge in [0.15, 0.2) is 5.65 Å². The minimum Gasteiger partial charge on any atom is -0.365 e. The molecule has 0 radical (unpaired) electrons. The Morgan fingerprint density at radius 3 is 3.08 bits per heavy atom. The van der Waals surface area contributed by atoms with E-state index in [0.29, 0.717) is 5.88 Å². The average molecular weight is 371 g/mol. The number of anilines is 1. The van der Waals surface area contributed by atoms with Crippen molar-refractivity contribution in [1.29, 1.82) is 0 Å². The molecule has 1 aliphatic carbocycles. The molecule has 0 spiro atoms. The lowest BCUT2D eigenvalue weighted by Crippen LogP contribution is -2.25. The zero-order valence-corrected chi connectivity index (χ0v) is 15.5. The molecule has 0 saturated carbocycles. The fourth-order valence-corrected chi connectivity index (χ4v) is 4.11. The van der Waals surface area contributed by atoms with Crippen LogP contribution in [0.5, 0.6) is 0 Å². The maximum absolute atomic E-state index is 6.28. The van der Waals surface area contributed by atoms with Crippen molar-refractivity contribution < 1.29 is 0 Å². The van der Waals surface area contributed by atoms with E-state index in [1.807, 2.05) is 23.0 Å². The van der Waals surface area contributed by atoms with E-state index in [4.69, 9.17) is 11.6 Å². The van der Waals surface area contributed by atoms with E-state index in [9.17, 15) is 0 Å². The molecule has 6 heteroatoms. The maximum Gasteiger partial charge on any atom is 0.161 e. The maximum atomic E-state index is 6.28. The molecule has 3 heterocycles. The van der Waals surface area contributed by atoms with Crippen LogP contribution in [0, 0.1) is 5.41 Å². The van der Waals surface area contributed by atoms with E-state index in [1.54, 1.807) is 11.3 Å². The van der Waals surface area contributed by atoms with Gasteiger partial charge in [-0.25, -0.2) is 4.98 Å². The van der Waals surface area contributed by atoms with E-state index in [0.717, 1.165) is 23.6 Å². The van der Waals surface area contributed by atoms with Crippen molar-refractivity contribution in [3.05, 3.63) is 70.7 Å². The van der Waals surface area contributed by atoms with E-state index in [1.165, 1.54) is 4.88 Å². The number of hydrogen-bond donors (Lipinski definition) is 1. The van der Waals surface area contributed by atoms with Crippen LogP contribution in [0.4, 0.5) is 5.82 Å². The molecule has 3 aromatic rings. The number of thiophene rings is 1. The van der Waals surface area contributed by atoms with Gasteiger partial charge in [0, 0.05) is 33.9 Å². The summed E-state index contributed by atoms with van der Waals surface area (Å²) in [6.45, 7) is 2.95. The molecular weight excluding hydrogens is 352 g/mol. The Kier molecular flexibility index (Phi) is 4.36. The second kappa shape index (κ2) is 6.65. The number of rotatable bonds is 5. The molecule has 1 aliphatic rings. The van der Waals surface area contributed by atoms with Crippen LogP contribution in [-0.4, -0.2) is 20.5 Å². The number of fused-ring (bicyclic) bond motifs is 1. The minimum atomic E-state index is -0.137. The van der Waals surface area contributed by atoms with Gasteiger partial charge in [-0.1, -0.05) is 37.3 Å². The SMILES string of the molecule is CC1(CCl)C=CC=CC1c1cnn2c(NCc3cccs3)ccnc12. The van der Waals surface area contributed by atoms with Crippen molar-refractivity contribution in [3.8, 4) is 0 Å². The quantitative estimate of drug-likeness (QED) is 0.652. The smallest absolute Gasteiger partial charge is 0.161 e. The zero-order chi connectivity index (χ0) is 17.3. The largest absolute Gasteiger partial charge is 0.365 e. The summed E-state index contributed by atoms with van der Waals surface area (Å²) in [5.41, 5.74) is 1.84. The van der Waals surface area contributed by atoms with Crippen LogP contribution in [0.2, 0.25) is 0 Å². The molecule has 2 unspecified atom stereocenters. The number of alkyl halides is 1. The van der Waals surface area contributed by atoms with Gasteiger partial charge in [0.1, 0.15) is 5.82 Å². The molecule has 0 bridgehead atoms. The highest BCUT2D eigenvalue weighted by molar-refractivity contribution is 7.09. The monoisotopic (exact) mass is 370 g/mol. The third-order valence-electron chi connectivity index (χ3n) is 4.68. The minimum absolute atomic E-state index is 0.137. The molecule has 0 fully saturated rings. The summed E-state index contributed by atoms with van der Waals surface area (Å²) < 4.78 is 1.88. The lowest BCUT2D eigenvalue weighted by molar-refractivity contribution is 0.430. The van der Waals surface area contributed by atoms with Gasteiger partial charge < -0.3 is 5.32 Å². The highest BCUT2D eigenvalue weighted by atomic mass is 35.5. The lowest BCUT2D eigenvalue weighted by Gasteiger charge is -2.32. The average Bonchev–Trinajstić information content (AvgIpc) is 3.30. The van der Waals surface area contributed by atoms with E-state index >= 15 is 0 Å². The molecule has 0 aliphatic heterocycles. The van der Waals surface area contributed by atoms with Crippen molar-refractivity contribution in [3.63, 3.8) is 0 Å². The molecular formula is C19H19ClN4S. The van der Waals surface area contributed by atoms with Gasteiger partial charge >= 0.3 is 0 Å². The van der Waals surface area contributed by atoms with Gasteiger partial charge in [-0.05, 0) is 17.5 Å². The van der Waals surface area contributed by atoms with Crippen LogP contribution in [0.1, 0.15) is 23.3 Å². The summed E-state index contributed by atoms with van der Waals surface area (Å²) in [5.74, 6) is 1.65. The standard InChI is InChI=1S/C19H19ClN4S/c1-19(13-20)8-3-2-6-16(19)15-12-23-24-17(7-9-21-18(15)24)22-11-14-5-4-10-25-14/h2-10,12,16,22H,11,13H2,1H3. The summed E-state index contributed by atoms with van der Waals surface area (Å²) in [7, 11) is 0. The Morgan fingerprint density at radius 2 is 2.28 bits per heavy atom. The highest BCUT2D eigenvalue weighted by Crippen LogP contribution is 2.42. The Labute approximate surface area is 155 Å². The van der Waals surface area contributed by atoms with Crippen LogP contribution >= 0.6 is 22.9 Å². The summed E-state index contributed by atoms with van der Waals surface area (Å²) in [5, 5.41) is 10.1. The van der Waals surface area contributed by atoms with Crippen LogP contribution in [-0.2, 0) is 6.54 Å². The number of aromatic nitrogens is 3. The van der Waals surface area contributed by atoms with Crippen molar-refractivity contribution in [2.45, 2.75) is 19.4 Å². The second-order valence-corrected chi connectivity index (χ2v) is 7.76. The predicted molar refractivity (Wildman–Crippen MR) is 104 cm³/mol. The predicted octanol–water partition coefficient (Wildman–Crippen LogP) is 4.86. The molecule has 4 rings (SSSR count). The molecule has 3 aromatic heterocycles. The number of allylic oxidation sites excluding steroid dienone is 4. The van der Waals surface area contributed by atoms with Crippen molar-refractivity contribution in [2.24, 2.45) is 5.41 Å². The number of nitrogens with one attached hydrogen (secondary N) is 1. The molecule has 1 N–H and O–H groups in total. The number of halogens is 1. The third-order valence-corrected chi connectivity index (χ3v) is 6.13. The molecule has 0 saturated heterocycles. The van der Waals surface area contributed by atoms with Crippen LogP contribution in [0.15, 0.2) is 60.3 Å². The molecule has 0 aromatic carbocycles. The van der Waals surface area contributed by atoms with Crippen molar-refractivity contribution in [1.82, 2.24) is 14.6 Å². The first-order valence-electron chi connectivity index (χ1n) is 8.22. The van der Waals surface area contributed by atoms with Gasteiger partial charge in [0.2, 0.25) is 0 Å². The molecule has 2 atom stereocenters. The van der Waals surface area contributed by atoms with Crippen LogP contribution in [0.25, 0.3) is 5.65 Å². The van der Waals surface area contributed by atoms with Crippen LogP contribution < -0.4 is 5.32 Å². The summed E-state index contributed by atoms with van der Waals surface area (Å²) >= 11 is 8.02. The Morgan fingerprint density at radius 1 is 1.36 bits per heavy atom. The third kappa shape index (κ3) is 2.98. The van der Waals surface area contributed by atoms with E-state index in [-0.39, 0.29) is 11.3 Å². The number of nitrogens with zero attached hydrogens (tertiary/aromatic N) is 3. The number of hydrogen-bond acceptors (Lipinski definition) is 4. The second-order valence-electron chi connectivity index (χ2n) is 6.46. The summed E-state index contributed by atoms with van der Waals surface area (Å²) in [6.07, 6.45) is 12.2. The van der Waals surface area contributed by atoms with Crippen molar-refractivity contribution in [2.75, 3.05) is 11.2 Å². The van der Waals surface area contributed by atoms with Crippen molar-refractivity contribution >= 4 is 34.4 Å². The highest BCUT2D eigenvalue weighted by Gasteiger charge is 2.34. The van der Waals surface area contributed by atoms with Crippen LogP contribution in [0.3, 0.4) is 0 Å². The first-order chi connectivity index (χ1) is 12.2. The van der Waals surface area contributed by atoms with Gasteiger partial charge in [0.05, 0.1) is 12.7 Å². The molecule has 0 amide bonds. The zero-order valence-electron chi connectivity index (χ0n) is 13.9. The lowest BCUT2D eigenvalue weighted by atomic mass is 9.73. The van der Waals surface area contributed by atoms with Gasteiger partial charge in [-0.2, -0.15) is 9.61 Å². The van der Waals surface area contributed by atoms with E-state index < -0.39 is 0 Å². The molecule has 25 heavy (non-hydrogen) atoms. The summed E-state index contributed by atoms with van der Waals surface area (Å²) in [6, 6.07) is 6.14. The first kappa shape index (κ1) is 16.4. The molecule has 128 valence electrons. The van der Waals surface area contributed by atoms with Gasteiger partial charge in [-0.3, -0.25) is 0 Å². The molecule has 4 nitrogen and oxygen atoms in total. The summed E-state index contributed by atoms with van der Waals surface area (Å²) in [4.78, 5) is 5.87. The van der Waals surface area contributed by atoms with Gasteiger partial charge in [0.25, 0.3) is 0 Å². The normalized spacial score (nSPS) is 22.6. The van der Waals surface area contributed by atoms with E-state index in [2.05, 4.69) is 64.1 Å². The Balaban J connectivity index is 1.69. The Bertz CT molecular complexity index is 928. The first-order valence-corrected chi connectivity index (χ1v) is 9.63. The fourth-order valence-electron chi connectivity index (χ4n) is 3.21. The Hall–Kier alpha value is -2.11. The fraction of sp³-hybridized carbons (Fsp3) is 0.263. The van der Waals surface area contributed by atoms with Gasteiger partial charge in [-0.15, -0.1) is 22.9 Å².